The number of aromatic nitrogens is 4. The summed E-state index contributed by atoms with van der Waals surface area (Å²) in [6, 6.07) is 10.7. The Kier molecular flexibility index (Phi) is 3.96. The molecule has 0 saturated carbocycles. The minimum absolute atomic E-state index is 0.0768. The summed E-state index contributed by atoms with van der Waals surface area (Å²) in [5.41, 5.74) is 2.81. The second-order valence-corrected chi connectivity index (χ2v) is 7.01. The van der Waals surface area contributed by atoms with E-state index in [-0.39, 0.29) is 11.5 Å². The number of imidazole rings is 1. The van der Waals surface area contributed by atoms with E-state index in [1.54, 1.807) is 30.3 Å². The number of Topliss-reactive ketones (excluding diaryl/α,β-unsaturated/α-hetero) is 1. The van der Waals surface area contributed by atoms with Crippen molar-refractivity contribution in [2.75, 3.05) is 5.75 Å². The molecule has 0 spiro atoms. The van der Waals surface area contributed by atoms with E-state index in [0.29, 0.717) is 20.9 Å². The highest BCUT2D eigenvalue weighted by atomic mass is 35.5. The fourth-order valence-corrected chi connectivity index (χ4v) is 3.52. The number of nitrogens with one attached hydrogen (secondary N) is 2. The van der Waals surface area contributed by atoms with Gasteiger partial charge in [-0.25, -0.2) is 4.98 Å². The Morgan fingerprint density at radius 1 is 1.08 bits per heavy atom. The number of halogens is 2. The zero-order valence-electron chi connectivity index (χ0n) is 12.1. The lowest BCUT2D eigenvalue weighted by atomic mass is 10.2. The monoisotopic (exact) mass is 376 g/mol. The maximum atomic E-state index is 12.4. The lowest BCUT2D eigenvalue weighted by Crippen LogP contribution is -2.03. The van der Waals surface area contributed by atoms with Crippen LogP contribution in [0.1, 0.15) is 10.5 Å². The fourth-order valence-electron chi connectivity index (χ4n) is 2.43. The molecular formula is C16H10Cl2N4OS. The molecule has 0 amide bonds. The molecule has 2 N–H and O–H groups in total. The highest BCUT2D eigenvalue weighted by Crippen LogP contribution is 2.25. The first-order chi connectivity index (χ1) is 11.6. The molecule has 2 heterocycles. The number of hydrogen-bond acceptors (Lipinski definition) is 4. The second-order valence-electron chi connectivity index (χ2n) is 5.18. The summed E-state index contributed by atoms with van der Waals surface area (Å²) in [5, 5.41) is 9.60. The molecule has 0 unspecified atom stereocenters. The molecule has 4 aromatic rings. The number of carbonyl (C=O) groups is 1. The van der Waals surface area contributed by atoms with Gasteiger partial charge in [-0.3, -0.25) is 9.89 Å². The maximum absolute atomic E-state index is 12.4. The number of H-pyrrole nitrogens is 2. The molecule has 0 aliphatic rings. The van der Waals surface area contributed by atoms with Crippen LogP contribution in [0.5, 0.6) is 0 Å². The molecule has 0 aliphatic heterocycles. The number of thioether (sulfide) groups is 1. The van der Waals surface area contributed by atoms with E-state index in [9.17, 15) is 4.79 Å². The van der Waals surface area contributed by atoms with Gasteiger partial charge in [0.25, 0.3) is 0 Å². The Morgan fingerprint density at radius 2 is 1.88 bits per heavy atom. The predicted octanol–water partition coefficient (Wildman–Crippen LogP) is 4.72. The lowest BCUT2D eigenvalue weighted by molar-refractivity contribution is 0.101. The third kappa shape index (κ3) is 2.88. The van der Waals surface area contributed by atoms with Gasteiger partial charge in [0.2, 0.25) is 0 Å². The van der Waals surface area contributed by atoms with Crippen molar-refractivity contribution in [3.63, 3.8) is 0 Å². The molecule has 0 fully saturated rings. The number of aromatic amines is 2. The molecule has 0 radical (unpaired) electrons. The Morgan fingerprint density at radius 3 is 2.75 bits per heavy atom. The summed E-state index contributed by atoms with van der Waals surface area (Å²) in [5.74, 6) is 0.155. The van der Waals surface area contributed by atoms with E-state index < -0.39 is 0 Å². The van der Waals surface area contributed by atoms with Crippen LogP contribution in [-0.4, -0.2) is 31.7 Å². The van der Waals surface area contributed by atoms with Gasteiger partial charge < -0.3 is 4.98 Å². The Balaban J connectivity index is 1.54. The minimum atomic E-state index is -0.0768. The molecule has 0 bridgehead atoms. The van der Waals surface area contributed by atoms with Crippen LogP contribution < -0.4 is 0 Å². The quantitative estimate of drug-likeness (QED) is 0.399. The van der Waals surface area contributed by atoms with Crippen molar-refractivity contribution in [2.24, 2.45) is 0 Å². The van der Waals surface area contributed by atoms with E-state index in [1.165, 1.54) is 11.8 Å². The summed E-state index contributed by atoms with van der Waals surface area (Å²) >= 11 is 13.2. The summed E-state index contributed by atoms with van der Waals surface area (Å²) < 4.78 is 0. The SMILES string of the molecule is O=C(CSc1nc2cc(Cl)ccc2[nH]1)c1n[nH]c2cc(Cl)ccc12. The normalized spacial score (nSPS) is 11.4. The highest BCUT2D eigenvalue weighted by molar-refractivity contribution is 7.99. The van der Waals surface area contributed by atoms with Crippen LogP contribution in [0.4, 0.5) is 0 Å². The van der Waals surface area contributed by atoms with Crippen molar-refractivity contribution in [3.05, 3.63) is 52.1 Å². The van der Waals surface area contributed by atoms with Gasteiger partial charge in [-0.1, -0.05) is 35.0 Å². The second kappa shape index (κ2) is 6.12. The molecular weight excluding hydrogens is 367 g/mol. The smallest absolute Gasteiger partial charge is 0.193 e. The molecule has 0 saturated heterocycles. The van der Waals surface area contributed by atoms with E-state index in [2.05, 4.69) is 20.2 Å². The molecule has 24 heavy (non-hydrogen) atoms. The van der Waals surface area contributed by atoms with E-state index >= 15 is 0 Å². The molecule has 4 rings (SSSR count). The maximum Gasteiger partial charge on any atom is 0.193 e. The average molecular weight is 377 g/mol. The molecule has 2 aromatic carbocycles. The van der Waals surface area contributed by atoms with E-state index in [1.807, 2.05) is 6.07 Å². The number of rotatable bonds is 4. The van der Waals surface area contributed by atoms with Crippen LogP contribution in [0, 0.1) is 0 Å². The van der Waals surface area contributed by atoms with Crippen molar-refractivity contribution in [1.29, 1.82) is 0 Å². The average Bonchev–Trinajstić information content (AvgIpc) is 3.15. The summed E-state index contributed by atoms with van der Waals surface area (Å²) in [4.78, 5) is 20.0. The summed E-state index contributed by atoms with van der Waals surface area (Å²) in [7, 11) is 0. The van der Waals surface area contributed by atoms with Gasteiger partial charge >= 0.3 is 0 Å². The number of benzene rings is 2. The van der Waals surface area contributed by atoms with Gasteiger partial charge in [0.1, 0.15) is 5.69 Å². The van der Waals surface area contributed by atoms with Gasteiger partial charge in [-0.2, -0.15) is 5.10 Å². The number of nitrogens with zero attached hydrogens (tertiary/aromatic N) is 2. The molecule has 0 aliphatic carbocycles. The van der Waals surface area contributed by atoms with Crippen molar-refractivity contribution in [3.8, 4) is 0 Å². The molecule has 5 nitrogen and oxygen atoms in total. The van der Waals surface area contributed by atoms with Crippen molar-refractivity contribution >= 4 is 62.7 Å². The first-order valence-corrected chi connectivity index (χ1v) is 8.79. The van der Waals surface area contributed by atoms with E-state index in [0.717, 1.165) is 21.9 Å². The van der Waals surface area contributed by atoms with Crippen molar-refractivity contribution in [1.82, 2.24) is 20.2 Å². The van der Waals surface area contributed by atoms with Crippen LogP contribution in [0.2, 0.25) is 10.0 Å². The molecule has 0 atom stereocenters. The van der Waals surface area contributed by atoms with Crippen LogP contribution in [0.15, 0.2) is 41.6 Å². The van der Waals surface area contributed by atoms with Crippen LogP contribution in [0.3, 0.4) is 0 Å². The van der Waals surface area contributed by atoms with Gasteiger partial charge in [0.05, 0.1) is 22.3 Å². The summed E-state index contributed by atoms with van der Waals surface area (Å²) in [6.07, 6.45) is 0. The summed E-state index contributed by atoms with van der Waals surface area (Å²) in [6.45, 7) is 0. The van der Waals surface area contributed by atoms with Gasteiger partial charge in [-0.15, -0.1) is 0 Å². The number of carbonyl (C=O) groups excluding carboxylic acids is 1. The van der Waals surface area contributed by atoms with Gasteiger partial charge in [-0.05, 0) is 36.4 Å². The Labute approximate surface area is 150 Å². The Hall–Kier alpha value is -2.02. The van der Waals surface area contributed by atoms with Crippen LogP contribution >= 0.6 is 35.0 Å². The van der Waals surface area contributed by atoms with Crippen molar-refractivity contribution in [2.45, 2.75) is 5.16 Å². The highest BCUT2D eigenvalue weighted by Gasteiger charge is 2.15. The van der Waals surface area contributed by atoms with Crippen molar-refractivity contribution < 1.29 is 4.79 Å². The number of hydrogen-bond donors (Lipinski definition) is 2. The standard InChI is InChI=1S/C16H10Cl2N4OS/c17-8-1-3-10-12(5-8)21-22-15(10)14(23)7-24-16-19-11-4-2-9(18)6-13(11)20-16/h1-6H,7H2,(H,19,20)(H,21,22). The fraction of sp³-hybridized carbons (Fsp3) is 0.0625. The molecule has 8 heteroatoms. The lowest BCUT2D eigenvalue weighted by Gasteiger charge is -1.97. The zero-order chi connectivity index (χ0) is 16.7. The number of ketones is 1. The third-order valence-electron chi connectivity index (χ3n) is 3.55. The molecule has 120 valence electrons. The Bertz CT molecular complexity index is 1070. The first kappa shape index (κ1) is 15.5. The van der Waals surface area contributed by atoms with Gasteiger partial charge in [0, 0.05) is 15.4 Å². The van der Waals surface area contributed by atoms with Gasteiger partial charge in [0.15, 0.2) is 10.9 Å². The number of fused-ring (bicyclic) bond motifs is 2. The zero-order valence-corrected chi connectivity index (χ0v) is 14.5. The minimum Gasteiger partial charge on any atom is -0.333 e. The predicted molar refractivity (Wildman–Crippen MR) is 97.3 cm³/mol. The third-order valence-corrected chi connectivity index (χ3v) is 4.90. The topological polar surface area (TPSA) is 74.4 Å². The molecule has 2 aromatic heterocycles. The van der Waals surface area contributed by atoms with E-state index in [4.69, 9.17) is 23.2 Å². The first-order valence-electron chi connectivity index (χ1n) is 7.05. The largest absolute Gasteiger partial charge is 0.333 e. The van der Waals surface area contributed by atoms with Crippen LogP contribution in [0.25, 0.3) is 21.9 Å². The van der Waals surface area contributed by atoms with Crippen LogP contribution in [-0.2, 0) is 0 Å².